The summed E-state index contributed by atoms with van der Waals surface area (Å²) in [7, 11) is 1.87. The third-order valence-electron chi connectivity index (χ3n) is 6.55. The summed E-state index contributed by atoms with van der Waals surface area (Å²) in [6, 6.07) is 11.0. The lowest BCUT2D eigenvalue weighted by molar-refractivity contribution is 0.132. The Bertz CT molecular complexity index is 827. The van der Waals surface area contributed by atoms with Crippen LogP contribution in [-0.4, -0.2) is 96.7 Å². The zero-order valence-electron chi connectivity index (χ0n) is 19.9. The second kappa shape index (κ2) is 13.3. The molecule has 0 unspecified atom stereocenters. The molecule has 0 atom stereocenters. The van der Waals surface area contributed by atoms with E-state index < -0.39 is 0 Å². The van der Waals surface area contributed by atoms with E-state index in [9.17, 15) is 0 Å². The third-order valence-corrected chi connectivity index (χ3v) is 6.55. The molecule has 0 radical (unpaired) electrons. The smallest absolute Gasteiger partial charge is 0.194 e. The van der Waals surface area contributed by atoms with E-state index in [0.717, 1.165) is 64.0 Å². The first kappa shape index (κ1) is 25.9. The Balaban J connectivity index is 0.00000306. The zero-order chi connectivity index (χ0) is 22.2. The lowest BCUT2D eigenvalue weighted by Gasteiger charge is -2.36. The second-order valence-corrected chi connectivity index (χ2v) is 8.68. The monoisotopic (exact) mass is 567 g/mol. The molecule has 2 saturated heterocycles. The molecule has 0 aliphatic carbocycles. The minimum absolute atomic E-state index is 0. The largest absolute Gasteiger partial charge is 0.364 e. The summed E-state index contributed by atoms with van der Waals surface area (Å²) in [6.45, 7) is 14.7. The van der Waals surface area contributed by atoms with Crippen molar-refractivity contribution in [1.82, 2.24) is 30.1 Å². The highest BCUT2D eigenvalue weighted by molar-refractivity contribution is 14.0. The number of halogens is 1. The van der Waals surface area contributed by atoms with Gasteiger partial charge < -0.3 is 19.6 Å². The fourth-order valence-corrected chi connectivity index (χ4v) is 4.46. The van der Waals surface area contributed by atoms with Gasteiger partial charge in [0.2, 0.25) is 0 Å². The number of piperazine rings is 2. The molecule has 0 saturated carbocycles. The van der Waals surface area contributed by atoms with Crippen LogP contribution in [0.5, 0.6) is 0 Å². The quantitative estimate of drug-likeness (QED) is 0.313. The van der Waals surface area contributed by atoms with Crippen LogP contribution in [0, 0.1) is 0 Å². The zero-order valence-corrected chi connectivity index (χ0v) is 22.3. The van der Waals surface area contributed by atoms with E-state index >= 15 is 0 Å². The molecule has 8 nitrogen and oxygen atoms in total. The normalized spacial score (nSPS) is 18.8. The van der Waals surface area contributed by atoms with Gasteiger partial charge >= 0.3 is 0 Å². The van der Waals surface area contributed by atoms with Crippen molar-refractivity contribution >= 4 is 29.9 Å². The number of aromatic nitrogens is 1. The van der Waals surface area contributed by atoms with Crippen molar-refractivity contribution in [2.75, 3.05) is 66.0 Å². The average Bonchev–Trinajstić information content (AvgIpc) is 3.35. The Labute approximate surface area is 215 Å². The molecular weight excluding hydrogens is 529 g/mol. The summed E-state index contributed by atoms with van der Waals surface area (Å²) in [5, 5.41) is 7.56. The number of aliphatic imine (C=N–C) groups is 1. The number of guanidine groups is 1. The number of likely N-dealkylation sites (N-methyl/N-ethyl adjacent to an activating group) is 1. The predicted octanol–water partition coefficient (Wildman–Crippen LogP) is 2.32. The molecule has 1 aromatic carbocycles. The van der Waals surface area contributed by atoms with Crippen LogP contribution in [0.25, 0.3) is 0 Å². The molecule has 2 aliphatic rings. The first-order valence-electron chi connectivity index (χ1n) is 11.8. The van der Waals surface area contributed by atoms with Gasteiger partial charge in [0, 0.05) is 85.1 Å². The van der Waals surface area contributed by atoms with E-state index in [4.69, 9.17) is 4.52 Å². The minimum atomic E-state index is 0. The summed E-state index contributed by atoms with van der Waals surface area (Å²) >= 11 is 0. The average molecular weight is 568 g/mol. The molecule has 9 heteroatoms. The number of hydrogen-bond acceptors (Lipinski definition) is 6. The van der Waals surface area contributed by atoms with Crippen molar-refractivity contribution in [3.63, 3.8) is 0 Å². The van der Waals surface area contributed by atoms with Gasteiger partial charge in [0.15, 0.2) is 5.96 Å². The number of nitrogens with one attached hydrogen (secondary N) is 1. The van der Waals surface area contributed by atoms with E-state index in [1.807, 2.05) is 13.1 Å². The Kier molecular flexibility index (Phi) is 10.4. The summed E-state index contributed by atoms with van der Waals surface area (Å²) in [6.07, 6.45) is 1.64. The van der Waals surface area contributed by atoms with E-state index in [2.05, 4.69) is 66.3 Å². The fraction of sp³-hybridized carbons (Fsp3) is 0.583. The maximum Gasteiger partial charge on any atom is 0.194 e. The van der Waals surface area contributed by atoms with Crippen molar-refractivity contribution in [3.8, 4) is 0 Å². The van der Waals surface area contributed by atoms with Gasteiger partial charge in [-0.05, 0) is 17.7 Å². The van der Waals surface area contributed by atoms with Gasteiger partial charge in [-0.1, -0.05) is 36.3 Å². The first-order chi connectivity index (χ1) is 15.7. The molecule has 0 amide bonds. The fourth-order valence-electron chi connectivity index (χ4n) is 4.46. The Morgan fingerprint density at radius 2 is 1.48 bits per heavy atom. The van der Waals surface area contributed by atoms with E-state index in [1.165, 1.54) is 37.3 Å². The van der Waals surface area contributed by atoms with Gasteiger partial charge in [0.25, 0.3) is 0 Å². The summed E-state index contributed by atoms with van der Waals surface area (Å²) in [5.41, 5.74) is 3.68. The van der Waals surface area contributed by atoms with Crippen molar-refractivity contribution in [2.24, 2.45) is 4.99 Å². The Morgan fingerprint density at radius 3 is 2.09 bits per heavy atom. The van der Waals surface area contributed by atoms with Crippen LogP contribution < -0.4 is 5.32 Å². The highest BCUT2D eigenvalue weighted by Crippen LogP contribution is 2.11. The van der Waals surface area contributed by atoms with Crippen LogP contribution in [0.1, 0.15) is 23.7 Å². The summed E-state index contributed by atoms with van der Waals surface area (Å²) < 4.78 is 4.94. The van der Waals surface area contributed by atoms with Crippen LogP contribution in [0.4, 0.5) is 0 Å². The SMILES string of the molecule is CCN1CCN(Cc2ccc(CNC(=NC)N3CCN(Cc4ccon4)CC3)cc2)CC1.I. The molecular formula is C24H38IN7O. The molecule has 2 aliphatic heterocycles. The molecule has 0 spiro atoms. The maximum atomic E-state index is 4.94. The molecule has 2 fully saturated rings. The molecule has 2 aromatic rings. The van der Waals surface area contributed by atoms with Crippen LogP contribution >= 0.6 is 24.0 Å². The second-order valence-electron chi connectivity index (χ2n) is 8.68. The van der Waals surface area contributed by atoms with E-state index in [-0.39, 0.29) is 24.0 Å². The van der Waals surface area contributed by atoms with E-state index in [1.54, 1.807) is 6.26 Å². The molecule has 1 aromatic heterocycles. The predicted molar refractivity (Wildman–Crippen MR) is 143 cm³/mol. The maximum absolute atomic E-state index is 4.94. The highest BCUT2D eigenvalue weighted by atomic mass is 127. The lowest BCUT2D eigenvalue weighted by atomic mass is 10.1. The Morgan fingerprint density at radius 1 is 0.879 bits per heavy atom. The van der Waals surface area contributed by atoms with Gasteiger partial charge in [-0.3, -0.25) is 14.8 Å². The molecule has 3 heterocycles. The first-order valence-corrected chi connectivity index (χ1v) is 11.8. The van der Waals surface area contributed by atoms with Gasteiger partial charge in [-0.15, -0.1) is 24.0 Å². The number of nitrogens with zero attached hydrogens (tertiary/aromatic N) is 6. The highest BCUT2D eigenvalue weighted by Gasteiger charge is 2.20. The van der Waals surface area contributed by atoms with Gasteiger partial charge in [0.1, 0.15) is 6.26 Å². The molecule has 4 rings (SSSR count). The number of rotatable bonds is 7. The van der Waals surface area contributed by atoms with Crippen molar-refractivity contribution in [3.05, 3.63) is 53.4 Å². The van der Waals surface area contributed by atoms with Gasteiger partial charge in [-0.25, -0.2) is 0 Å². The van der Waals surface area contributed by atoms with Gasteiger partial charge in [-0.2, -0.15) is 0 Å². The van der Waals surface area contributed by atoms with Crippen molar-refractivity contribution < 1.29 is 4.52 Å². The topological polar surface area (TPSA) is 63.4 Å². The van der Waals surface area contributed by atoms with Crippen molar-refractivity contribution in [1.29, 1.82) is 0 Å². The molecule has 0 bridgehead atoms. The van der Waals surface area contributed by atoms with Crippen molar-refractivity contribution in [2.45, 2.75) is 26.6 Å². The standard InChI is InChI=1S/C24H37N7O.HI/c1-3-28-9-11-29(12-10-28)19-22-6-4-21(5-7-22)18-26-24(25-2)31-15-13-30(14-16-31)20-23-8-17-32-27-23;/h4-8,17H,3,9-16,18-20H2,1-2H3,(H,25,26);1H. The number of hydrogen-bond donors (Lipinski definition) is 1. The minimum Gasteiger partial charge on any atom is -0.364 e. The van der Waals surface area contributed by atoms with Crippen LogP contribution in [0.2, 0.25) is 0 Å². The third kappa shape index (κ3) is 7.66. The summed E-state index contributed by atoms with van der Waals surface area (Å²) in [5.74, 6) is 0.976. The summed E-state index contributed by atoms with van der Waals surface area (Å²) in [4.78, 5) is 14.3. The lowest BCUT2D eigenvalue weighted by Crippen LogP contribution is -2.52. The van der Waals surface area contributed by atoms with Crippen LogP contribution in [0.3, 0.4) is 0 Å². The van der Waals surface area contributed by atoms with E-state index in [0.29, 0.717) is 0 Å². The van der Waals surface area contributed by atoms with Crippen LogP contribution in [0.15, 0.2) is 46.1 Å². The Hall–Kier alpha value is -1.69. The van der Waals surface area contributed by atoms with Crippen LogP contribution in [-0.2, 0) is 19.6 Å². The molecule has 182 valence electrons. The number of benzene rings is 1. The molecule has 33 heavy (non-hydrogen) atoms. The van der Waals surface area contributed by atoms with Gasteiger partial charge in [0.05, 0.1) is 5.69 Å². The molecule has 1 N–H and O–H groups in total.